The van der Waals surface area contributed by atoms with Crippen LogP contribution in [0.4, 0.5) is 0 Å². The van der Waals surface area contributed by atoms with Crippen LogP contribution >= 0.6 is 0 Å². The number of H-pyrrole nitrogens is 1. The Morgan fingerprint density at radius 1 is 1.56 bits per heavy atom. The Morgan fingerprint density at radius 2 is 2.22 bits per heavy atom. The van der Waals surface area contributed by atoms with Crippen molar-refractivity contribution in [2.45, 2.75) is 31.0 Å². The molecule has 1 aromatic rings. The summed E-state index contributed by atoms with van der Waals surface area (Å²) in [7, 11) is 0. The van der Waals surface area contributed by atoms with E-state index in [1.807, 2.05) is 4.98 Å². The van der Waals surface area contributed by atoms with Gasteiger partial charge in [0.2, 0.25) is 0 Å². The maximum Gasteiger partial charge on any atom is 0.330 e. The average Bonchev–Trinajstić information content (AvgIpc) is 2.52. The molecule has 0 radical (unpaired) electrons. The van der Waals surface area contributed by atoms with Gasteiger partial charge < -0.3 is 20.1 Å². The maximum atomic E-state index is 11.6. The van der Waals surface area contributed by atoms with Gasteiger partial charge in [0.25, 0.3) is 5.56 Å². The third-order valence-electron chi connectivity index (χ3n) is 3.04. The first-order chi connectivity index (χ1) is 8.37. The molecule has 0 amide bonds. The minimum Gasteiger partial charge on any atom is -0.394 e. The lowest BCUT2D eigenvalue weighted by molar-refractivity contribution is -0.0987. The van der Waals surface area contributed by atoms with Gasteiger partial charge in [0.05, 0.1) is 6.61 Å². The van der Waals surface area contributed by atoms with Crippen molar-refractivity contribution >= 4 is 0 Å². The molecule has 0 spiro atoms. The summed E-state index contributed by atoms with van der Waals surface area (Å²) in [6, 6.07) is 1.10. The maximum absolute atomic E-state index is 11.6. The fourth-order valence-electron chi connectivity index (χ4n) is 2.00. The summed E-state index contributed by atoms with van der Waals surface area (Å²) in [5, 5.41) is 28.9. The zero-order valence-corrected chi connectivity index (χ0v) is 9.61. The van der Waals surface area contributed by atoms with Crippen molar-refractivity contribution in [2.24, 2.45) is 0 Å². The SMILES string of the molecule is C[C@]1(O)C(O)[C@@H](CO)OC1n1ccc(=O)[nH]c1=O. The predicted octanol–water partition coefficient (Wildman–Crippen LogP) is -2.46. The van der Waals surface area contributed by atoms with E-state index in [0.717, 1.165) is 16.8 Å². The number of aliphatic hydroxyl groups excluding tert-OH is 2. The van der Waals surface area contributed by atoms with Crippen LogP contribution in [0.2, 0.25) is 0 Å². The van der Waals surface area contributed by atoms with Gasteiger partial charge >= 0.3 is 5.69 Å². The highest BCUT2D eigenvalue weighted by molar-refractivity contribution is 5.00. The zero-order valence-electron chi connectivity index (χ0n) is 9.61. The predicted molar refractivity (Wildman–Crippen MR) is 58.9 cm³/mol. The first-order valence-electron chi connectivity index (χ1n) is 5.36. The van der Waals surface area contributed by atoms with Gasteiger partial charge in [-0.1, -0.05) is 0 Å². The molecule has 0 aromatic carbocycles. The van der Waals surface area contributed by atoms with Crippen LogP contribution in [-0.2, 0) is 4.74 Å². The van der Waals surface area contributed by atoms with Crippen LogP contribution in [0.25, 0.3) is 0 Å². The molecule has 2 heterocycles. The van der Waals surface area contributed by atoms with Gasteiger partial charge in [-0.05, 0) is 6.92 Å². The number of nitrogens with one attached hydrogen (secondary N) is 1. The minimum atomic E-state index is -1.75. The van der Waals surface area contributed by atoms with Gasteiger partial charge in [-0.15, -0.1) is 0 Å². The van der Waals surface area contributed by atoms with Crippen molar-refractivity contribution in [3.05, 3.63) is 33.1 Å². The molecule has 18 heavy (non-hydrogen) atoms. The third-order valence-corrected chi connectivity index (χ3v) is 3.04. The van der Waals surface area contributed by atoms with Crippen LogP contribution in [0, 0.1) is 0 Å². The molecule has 8 heteroatoms. The lowest BCUT2D eigenvalue weighted by atomic mass is 9.96. The summed E-state index contributed by atoms with van der Waals surface area (Å²) in [5.41, 5.74) is -3.10. The van der Waals surface area contributed by atoms with Gasteiger partial charge in [0.15, 0.2) is 6.23 Å². The molecule has 2 rings (SSSR count). The van der Waals surface area contributed by atoms with E-state index >= 15 is 0 Å². The van der Waals surface area contributed by atoms with E-state index in [1.165, 1.54) is 6.92 Å². The fraction of sp³-hybridized carbons (Fsp3) is 0.600. The van der Waals surface area contributed by atoms with Crippen LogP contribution in [0.5, 0.6) is 0 Å². The highest BCUT2D eigenvalue weighted by Gasteiger charge is 2.53. The highest BCUT2D eigenvalue weighted by atomic mass is 16.6. The smallest absolute Gasteiger partial charge is 0.330 e. The first kappa shape index (κ1) is 13.0. The Morgan fingerprint density at radius 3 is 2.72 bits per heavy atom. The zero-order chi connectivity index (χ0) is 13.5. The molecule has 4 N–H and O–H groups in total. The molecule has 0 bridgehead atoms. The second-order valence-corrected chi connectivity index (χ2v) is 4.40. The van der Waals surface area contributed by atoms with E-state index in [2.05, 4.69) is 0 Å². The Balaban J connectivity index is 2.45. The quantitative estimate of drug-likeness (QED) is 0.466. The number of hydrogen-bond acceptors (Lipinski definition) is 6. The van der Waals surface area contributed by atoms with Crippen molar-refractivity contribution in [1.82, 2.24) is 9.55 Å². The van der Waals surface area contributed by atoms with Crippen LogP contribution < -0.4 is 11.2 Å². The van der Waals surface area contributed by atoms with E-state index in [9.17, 15) is 19.8 Å². The summed E-state index contributed by atoms with van der Waals surface area (Å²) in [6.07, 6.45) is -2.36. The Hall–Kier alpha value is -1.48. The van der Waals surface area contributed by atoms with Crippen LogP contribution in [0.15, 0.2) is 21.9 Å². The molecule has 100 valence electrons. The number of hydrogen-bond donors (Lipinski definition) is 4. The van der Waals surface area contributed by atoms with E-state index in [0.29, 0.717) is 0 Å². The van der Waals surface area contributed by atoms with Gasteiger partial charge in [-0.3, -0.25) is 14.3 Å². The van der Waals surface area contributed by atoms with Crippen LogP contribution in [0.1, 0.15) is 13.2 Å². The molecule has 1 aliphatic rings. The molecule has 8 nitrogen and oxygen atoms in total. The molecule has 1 aromatic heterocycles. The van der Waals surface area contributed by atoms with Crippen molar-refractivity contribution < 1.29 is 20.1 Å². The molecule has 0 aliphatic carbocycles. The summed E-state index contributed by atoms with van der Waals surface area (Å²) < 4.78 is 6.19. The fourth-order valence-corrected chi connectivity index (χ4v) is 2.00. The number of aromatic amines is 1. The number of rotatable bonds is 2. The normalized spacial score (nSPS) is 35.9. The summed E-state index contributed by atoms with van der Waals surface area (Å²) in [5.74, 6) is 0. The average molecular weight is 258 g/mol. The summed E-state index contributed by atoms with van der Waals surface area (Å²) >= 11 is 0. The molecule has 2 unspecified atom stereocenters. The largest absolute Gasteiger partial charge is 0.394 e. The van der Waals surface area contributed by atoms with Crippen molar-refractivity contribution in [3.63, 3.8) is 0 Å². The Bertz CT molecular complexity index is 548. The Labute approximate surface area is 101 Å². The van der Waals surface area contributed by atoms with E-state index < -0.39 is 41.9 Å². The minimum absolute atomic E-state index is 0.494. The molecule has 4 atom stereocenters. The Kier molecular flexibility index (Phi) is 3.11. The van der Waals surface area contributed by atoms with Crippen molar-refractivity contribution in [3.8, 4) is 0 Å². The van der Waals surface area contributed by atoms with Gasteiger partial charge in [-0.2, -0.15) is 0 Å². The molecule has 1 fully saturated rings. The van der Waals surface area contributed by atoms with Gasteiger partial charge in [0.1, 0.15) is 17.8 Å². The first-order valence-corrected chi connectivity index (χ1v) is 5.36. The monoisotopic (exact) mass is 258 g/mol. The molecule has 0 saturated carbocycles. The lowest BCUT2D eigenvalue weighted by Crippen LogP contribution is -2.46. The number of nitrogens with zero attached hydrogens (tertiary/aromatic N) is 1. The number of aliphatic hydroxyl groups is 3. The number of ether oxygens (including phenoxy) is 1. The van der Waals surface area contributed by atoms with Gasteiger partial charge in [0, 0.05) is 12.3 Å². The van der Waals surface area contributed by atoms with Crippen LogP contribution in [-0.4, -0.2) is 49.3 Å². The second kappa shape index (κ2) is 4.32. The molecular formula is C10H14N2O6. The summed E-state index contributed by atoms with van der Waals surface area (Å²) in [6.45, 7) is 0.793. The van der Waals surface area contributed by atoms with E-state index in [1.54, 1.807) is 0 Å². The molecular weight excluding hydrogens is 244 g/mol. The standard InChI is InChI=1S/C10H14N2O6/c1-10(17)7(15)5(4-13)18-8(10)12-3-2-6(14)11-9(12)16/h2-3,5,7-8,13,15,17H,4H2,1H3,(H,11,14,16)/t5-,7?,8?,10+/m1/s1. The van der Waals surface area contributed by atoms with Crippen LogP contribution in [0.3, 0.4) is 0 Å². The number of aromatic nitrogens is 2. The van der Waals surface area contributed by atoms with E-state index in [4.69, 9.17) is 9.84 Å². The van der Waals surface area contributed by atoms with Crippen molar-refractivity contribution in [1.29, 1.82) is 0 Å². The highest BCUT2D eigenvalue weighted by Crippen LogP contribution is 2.36. The van der Waals surface area contributed by atoms with Gasteiger partial charge in [-0.25, -0.2) is 4.79 Å². The lowest BCUT2D eigenvalue weighted by Gasteiger charge is -2.27. The third kappa shape index (κ3) is 1.89. The molecule has 1 aliphatic heterocycles. The van der Waals surface area contributed by atoms with E-state index in [-0.39, 0.29) is 0 Å². The summed E-state index contributed by atoms with van der Waals surface area (Å²) in [4.78, 5) is 24.5. The topological polar surface area (TPSA) is 125 Å². The second-order valence-electron chi connectivity index (χ2n) is 4.40. The molecule has 1 saturated heterocycles. The van der Waals surface area contributed by atoms with Crippen molar-refractivity contribution in [2.75, 3.05) is 6.61 Å².